The Morgan fingerprint density at radius 2 is 1.81 bits per heavy atom. The summed E-state index contributed by atoms with van der Waals surface area (Å²) in [6, 6.07) is 15.2. The smallest absolute Gasteiger partial charge is 0.244 e. The first-order valence-corrected chi connectivity index (χ1v) is 9.56. The fourth-order valence-corrected chi connectivity index (χ4v) is 3.14. The quantitative estimate of drug-likeness (QED) is 0.721. The summed E-state index contributed by atoms with van der Waals surface area (Å²) in [5.74, 6) is 0.484. The van der Waals surface area contributed by atoms with E-state index in [1.54, 1.807) is 25.9 Å². The first-order chi connectivity index (χ1) is 12.5. The molecule has 2 aromatic carbocycles. The van der Waals surface area contributed by atoms with Crippen LogP contribution in [0.1, 0.15) is 12.0 Å². The lowest BCUT2D eigenvalue weighted by molar-refractivity contribution is -0.133. The Hall–Kier alpha value is -2.47. The number of thioether (sulfide) groups is 1. The van der Waals surface area contributed by atoms with Crippen LogP contribution in [0.25, 0.3) is 0 Å². The second kappa shape index (κ2) is 9.87. The molecule has 0 unspecified atom stereocenters. The van der Waals surface area contributed by atoms with Gasteiger partial charge in [-0.15, -0.1) is 11.8 Å². The first kappa shape index (κ1) is 19.8. The highest BCUT2D eigenvalue weighted by Crippen LogP contribution is 2.24. The van der Waals surface area contributed by atoms with Gasteiger partial charge >= 0.3 is 0 Å². The molecular weight excluding hydrogens is 348 g/mol. The third kappa shape index (κ3) is 5.52. The van der Waals surface area contributed by atoms with Crippen molar-refractivity contribution in [2.75, 3.05) is 32.3 Å². The summed E-state index contributed by atoms with van der Waals surface area (Å²) in [6.45, 7) is 0.0213. The van der Waals surface area contributed by atoms with E-state index in [2.05, 4.69) is 5.32 Å². The average Bonchev–Trinajstić information content (AvgIpc) is 2.66. The summed E-state index contributed by atoms with van der Waals surface area (Å²) in [6.07, 6.45) is 2.86. The minimum absolute atomic E-state index is 0.0213. The third-order valence-corrected chi connectivity index (χ3v) is 4.78. The maximum atomic E-state index is 12.3. The summed E-state index contributed by atoms with van der Waals surface area (Å²) in [5, 5.41) is 2.87. The summed E-state index contributed by atoms with van der Waals surface area (Å²) in [7, 11) is 3.26. The monoisotopic (exact) mass is 372 g/mol. The number of carbonyl (C=O) groups is 2. The summed E-state index contributed by atoms with van der Waals surface area (Å²) in [5.41, 5.74) is 1.75. The fourth-order valence-electron chi connectivity index (χ4n) is 2.58. The van der Waals surface area contributed by atoms with Gasteiger partial charge in [-0.1, -0.05) is 30.3 Å². The number of hydrogen-bond acceptors (Lipinski definition) is 4. The van der Waals surface area contributed by atoms with Crippen molar-refractivity contribution in [3.8, 4) is 5.75 Å². The van der Waals surface area contributed by atoms with Crippen molar-refractivity contribution < 1.29 is 14.3 Å². The van der Waals surface area contributed by atoms with Crippen molar-refractivity contribution in [3.63, 3.8) is 0 Å². The molecule has 0 radical (unpaired) electrons. The van der Waals surface area contributed by atoms with Crippen LogP contribution >= 0.6 is 11.8 Å². The zero-order chi connectivity index (χ0) is 18.9. The van der Waals surface area contributed by atoms with Crippen LogP contribution in [0, 0.1) is 0 Å². The number of ether oxygens (including phenoxy) is 1. The van der Waals surface area contributed by atoms with Crippen molar-refractivity contribution in [3.05, 3.63) is 54.1 Å². The van der Waals surface area contributed by atoms with E-state index in [0.717, 1.165) is 21.9 Å². The van der Waals surface area contributed by atoms with Crippen molar-refractivity contribution in [2.45, 2.75) is 17.7 Å². The molecule has 0 aliphatic carbocycles. The van der Waals surface area contributed by atoms with E-state index >= 15 is 0 Å². The Labute approximate surface area is 158 Å². The maximum absolute atomic E-state index is 12.3. The molecule has 6 heteroatoms. The number of para-hydroxylation sites is 2. The Bertz CT molecular complexity index is 764. The zero-order valence-electron chi connectivity index (χ0n) is 15.3. The Morgan fingerprint density at radius 1 is 1.12 bits per heavy atom. The predicted octanol–water partition coefficient (Wildman–Crippen LogP) is 3.45. The number of anilines is 1. The molecule has 0 aliphatic heterocycles. The van der Waals surface area contributed by atoms with Gasteiger partial charge in [0.25, 0.3) is 0 Å². The second-order valence-electron chi connectivity index (χ2n) is 5.81. The van der Waals surface area contributed by atoms with E-state index in [0.29, 0.717) is 12.8 Å². The number of carbonyl (C=O) groups excluding carboxylic acids is 2. The summed E-state index contributed by atoms with van der Waals surface area (Å²) in [4.78, 5) is 27.0. The molecule has 2 aromatic rings. The van der Waals surface area contributed by atoms with Gasteiger partial charge in [0, 0.05) is 18.4 Å². The SMILES string of the molecule is COc1ccccc1CCC(=O)N(C)CC(=O)Nc1ccccc1SC. The van der Waals surface area contributed by atoms with Crippen LogP contribution in [-0.2, 0) is 16.0 Å². The maximum Gasteiger partial charge on any atom is 0.244 e. The molecule has 5 nitrogen and oxygen atoms in total. The van der Waals surface area contributed by atoms with Crippen molar-refractivity contribution in [1.82, 2.24) is 4.90 Å². The summed E-state index contributed by atoms with van der Waals surface area (Å²) >= 11 is 1.56. The van der Waals surface area contributed by atoms with E-state index < -0.39 is 0 Å². The highest BCUT2D eigenvalue weighted by atomic mass is 32.2. The first-order valence-electron chi connectivity index (χ1n) is 8.34. The number of likely N-dealkylation sites (N-methyl/N-ethyl adjacent to an activating group) is 1. The Morgan fingerprint density at radius 3 is 2.54 bits per heavy atom. The topological polar surface area (TPSA) is 58.6 Å². The van der Waals surface area contributed by atoms with E-state index in [1.165, 1.54) is 4.90 Å². The Kier molecular flexibility index (Phi) is 7.53. The number of benzene rings is 2. The van der Waals surface area contributed by atoms with Gasteiger partial charge in [-0.05, 0) is 36.4 Å². The normalized spacial score (nSPS) is 10.3. The van der Waals surface area contributed by atoms with Crippen LogP contribution in [0.2, 0.25) is 0 Å². The molecule has 0 fully saturated rings. The lowest BCUT2D eigenvalue weighted by atomic mass is 10.1. The minimum atomic E-state index is -0.209. The van der Waals surface area contributed by atoms with Crippen LogP contribution < -0.4 is 10.1 Å². The lowest BCUT2D eigenvalue weighted by Crippen LogP contribution is -2.35. The predicted molar refractivity (Wildman–Crippen MR) is 106 cm³/mol. The second-order valence-corrected chi connectivity index (χ2v) is 6.66. The molecule has 0 atom stereocenters. The summed E-state index contributed by atoms with van der Waals surface area (Å²) < 4.78 is 5.30. The van der Waals surface area contributed by atoms with Crippen molar-refractivity contribution in [1.29, 1.82) is 0 Å². The van der Waals surface area contributed by atoms with Gasteiger partial charge in [0.1, 0.15) is 5.75 Å². The average molecular weight is 372 g/mol. The third-order valence-electron chi connectivity index (χ3n) is 3.99. The highest BCUT2D eigenvalue weighted by Gasteiger charge is 2.15. The zero-order valence-corrected chi connectivity index (χ0v) is 16.1. The molecule has 138 valence electrons. The molecule has 0 bridgehead atoms. The molecule has 0 saturated heterocycles. The van der Waals surface area contributed by atoms with Crippen LogP contribution in [0.15, 0.2) is 53.4 Å². The number of rotatable bonds is 8. The van der Waals surface area contributed by atoms with Gasteiger partial charge in [-0.2, -0.15) is 0 Å². The van der Waals surface area contributed by atoms with Crippen LogP contribution in [-0.4, -0.2) is 43.7 Å². The molecule has 0 saturated carbocycles. The molecule has 2 rings (SSSR count). The van der Waals surface area contributed by atoms with Gasteiger partial charge in [0.2, 0.25) is 11.8 Å². The van der Waals surface area contributed by atoms with Crippen LogP contribution in [0.5, 0.6) is 5.75 Å². The standard InChI is InChI=1S/C20H24N2O3S/c1-22(14-19(23)21-16-9-5-7-11-18(16)26-3)20(24)13-12-15-8-4-6-10-17(15)25-2/h4-11H,12-14H2,1-3H3,(H,21,23). The van der Waals surface area contributed by atoms with Gasteiger partial charge in [-0.3, -0.25) is 9.59 Å². The molecule has 0 aliphatic rings. The van der Waals surface area contributed by atoms with E-state index in [1.807, 2.05) is 54.8 Å². The number of aryl methyl sites for hydroxylation is 1. The minimum Gasteiger partial charge on any atom is -0.496 e. The number of hydrogen-bond donors (Lipinski definition) is 1. The molecule has 0 heterocycles. The molecule has 26 heavy (non-hydrogen) atoms. The molecule has 0 aromatic heterocycles. The van der Waals surface area contributed by atoms with Crippen molar-refractivity contribution >= 4 is 29.3 Å². The molecule has 1 N–H and O–H groups in total. The lowest BCUT2D eigenvalue weighted by Gasteiger charge is -2.18. The van der Waals surface area contributed by atoms with E-state index in [4.69, 9.17) is 4.74 Å². The fraction of sp³-hybridized carbons (Fsp3) is 0.300. The van der Waals surface area contributed by atoms with Gasteiger partial charge in [0.05, 0.1) is 19.3 Å². The van der Waals surface area contributed by atoms with E-state index in [-0.39, 0.29) is 18.4 Å². The van der Waals surface area contributed by atoms with Gasteiger partial charge < -0.3 is 15.0 Å². The largest absolute Gasteiger partial charge is 0.496 e. The highest BCUT2D eigenvalue weighted by molar-refractivity contribution is 7.98. The molecule has 2 amide bonds. The van der Waals surface area contributed by atoms with Crippen LogP contribution in [0.4, 0.5) is 5.69 Å². The Balaban J connectivity index is 1.87. The number of nitrogens with one attached hydrogen (secondary N) is 1. The number of methoxy groups -OCH3 is 1. The number of amides is 2. The molecule has 0 spiro atoms. The van der Waals surface area contributed by atoms with Gasteiger partial charge in [0.15, 0.2) is 0 Å². The van der Waals surface area contributed by atoms with Crippen molar-refractivity contribution in [2.24, 2.45) is 0 Å². The van der Waals surface area contributed by atoms with E-state index in [9.17, 15) is 9.59 Å². The molecular formula is C20H24N2O3S. The van der Waals surface area contributed by atoms with Crippen LogP contribution in [0.3, 0.4) is 0 Å². The number of nitrogens with zero attached hydrogens (tertiary/aromatic N) is 1. The van der Waals surface area contributed by atoms with Gasteiger partial charge in [-0.25, -0.2) is 0 Å².